The van der Waals surface area contributed by atoms with Crippen molar-refractivity contribution in [3.63, 3.8) is 0 Å². The second-order valence-corrected chi connectivity index (χ2v) is 3.21. The number of primary amides is 1. The summed E-state index contributed by atoms with van der Waals surface area (Å²) in [5.74, 6) is -0.335. The third kappa shape index (κ3) is 1.44. The molecule has 0 radical (unpaired) electrons. The maximum absolute atomic E-state index is 11.0. The molecule has 0 aromatic carbocycles. The van der Waals surface area contributed by atoms with Gasteiger partial charge >= 0.3 is 0 Å². The number of aromatic nitrogens is 1. The summed E-state index contributed by atoms with van der Waals surface area (Å²) < 4.78 is 1.79. The fraction of sp³-hybridized carbons (Fsp3) is 0.333. The van der Waals surface area contributed by atoms with Gasteiger partial charge in [-0.1, -0.05) is 6.07 Å². The third-order valence-electron chi connectivity index (χ3n) is 1.96. The Hall–Kier alpha value is -1.38. The second kappa shape index (κ2) is 2.93. The molecule has 1 aromatic rings. The van der Waals surface area contributed by atoms with Crippen molar-refractivity contribution >= 4 is 5.91 Å². The summed E-state index contributed by atoms with van der Waals surface area (Å²) in [5, 5.41) is 0. The molecule has 12 heavy (non-hydrogen) atoms. The lowest BCUT2D eigenvalue weighted by molar-refractivity contribution is -0.741. The van der Waals surface area contributed by atoms with Crippen LogP contribution in [0.1, 0.15) is 13.8 Å². The summed E-state index contributed by atoms with van der Waals surface area (Å²) in [6, 6.07) is 5.63. The number of hydrogen-bond donors (Lipinski definition) is 1. The molecule has 0 saturated carbocycles. The Balaban J connectivity index is 3.06. The van der Waals surface area contributed by atoms with E-state index >= 15 is 0 Å². The molecule has 64 valence electrons. The van der Waals surface area contributed by atoms with E-state index in [-0.39, 0.29) is 5.91 Å². The molecule has 3 nitrogen and oxygen atoms in total. The van der Waals surface area contributed by atoms with Gasteiger partial charge in [-0.15, -0.1) is 0 Å². The highest BCUT2D eigenvalue weighted by Crippen LogP contribution is 2.03. The van der Waals surface area contributed by atoms with E-state index in [1.165, 1.54) is 0 Å². The van der Waals surface area contributed by atoms with E-state index in [2.05, 4.69) is 0 Å². The second-order valence-electron chi connectivity index (χ2n) is 3.21. The van der Waals surface area contributed by atoms with Crippen LogP contribution in [0.15, 0.2) is 30.6 Å². The molecule has 3 heteroatoms. The Labute approximate surface area is 71.8 Å². The van der Waals surface area contributed by atoms with Crippen LogP contribution >= 0.6 is 0 Å². The average molecular weight is 165 g/mol. The molecular weight excluding hydrogens is 152 g/mol. The van der Waals surface area contributed by atoms with Gasteiger partial charge in [-0.25, -0.2) is 0 Å². The van der Waals surface area contributed by atoms with Crippen LogP contribution in [0.2, 0.25) is 0 Å². The van der Waals surface area contributed by atoms with Crippen molar-refractivity contribution in [2.24, 2.45) is 5.73 Å². The van der Waals surface area contributed by atoms with Gasteiger partial charge in [0.25, 0.3) is 5.91 Å². The molecule has 0 unspecified atom stereocenters. The van der Waals surface area contributed by atoms with Crippen LogP contribution in [0, 0.1) is 0 Å². The Morgan fingerprint density at radius 1 is 1.25 bits per heavy atom. The molecule has 1 aromatic heterocycles. The number of carbonyl (C=O) groups excluding carboxylic acids is 1. The van der Waals surface area contributed by atoms with Gasteiger partial charge in [0, 0.05) is 26.0 Å². The van der Waals surface area contributed by atoms with E-state index < -0.39 is 5.54 Å². The number of nitrogens with zero attached hydrogens (tertiary/aromatic N) is 1. The Morgan fingerprint density at radius 2 is 1.75 bits per heavy atom. The average Bonchev–Trinajstić information content (AvgIpc) is 2.06. The number of nitrogens with two attached hydrogens (primary N) is 1. The Morgan fingerprint density at radius 3 is 2.17 bits per heavy atom. The first-order valence-corrected chi connectivity index (χ1v) is 3.82. The zero-order valence-corrected chi connectivity index (χ0v) is 7.32. The molecule has 1 heterocycles. The first-order valence-electron chi connectivity index (χ1n) is 3.82. The normalized spacial score (nSPS) is 11.2. The zero-order valence-electron chi connectivity index (χ0n) is 7.32. The van der Waals surface area contributed by atoms with Gasteiger partial charge in [0.05, 0.1) is 0 Å². The van der Waals surface area contributed by atoms with Crippen molar-refractivity contribution in [2.75, 3.05) is 0 Å². The van der Waals surface area contributed by atoms with E-state index in [1.807, 2.05) is 30.6 Å². The molecule has 0 aliphatic rings. The number of amides is 1. The predicted octanol–water partition coefficient (Wildman–Crippen LogP) is 0.195. The maximum Gasteiger partial charge on any atom is 0.289 e. The minimum absolute atomic E-state index is 0.335. The van der Waals surface area contributed by atoms with E-state index in [9.17, 15) is 4.79 Å². The highest BCUT2D eigenvalue weighted by Gasteiger charge is 2.34. The number of hydrogen-bond acceptors (Lipinski definition) is 1. The Bertz CT molecular complexity index is 280. The van der Waals surface area contributed by atoms with Crippen LogP contribution in [0.25, 0.3) is 0 Å². The summed E-state index contributed by atoms with van der Waals surface area (Å²) in [4.78, 5) is 11.0. The van der Waals surface area contributed by atoms with Gasteiger partial charge in [-0.05, 0) is 0 Å². The highest BCUT2D eigenvalue weighted by atomic mass is 16.1. The lowest BCUT2D eigenvalue weighted by Crippen LogP contribution is -2.59. The van der Waals surface area contributed by atoms with Crippen molar-refractivity contribution in [2.45, 2.75) is 19.4 Å². The lowest BCUT2D eigenvalue weighted by atomic mass is 10.0. The summed E-state index contributed by atoms with van der Waals surface area (Å²) in [6.45, 7) is 3.57. The summed E-state index contributed by atoms with van der Waals surface area (Å²) >= 11 is 0. The minimum Gasteiger partial charge on any atom is -0.364 e. The number of carbonyl (C=O) groups is 1. The fourth-order valence-corrected chi connectivity index (χ4v) is 0.899. The summed E-state index contributed by atoms with van der Waals surface area (Å²) in [6.07, 6.45) is 3.65. The number of rotatable bonds is 2. The summed E-state index contributed by atoms with van der Waals surface area (Å²) in [7, 11) is 0. The van der Waals surface area contributed by atoms with Gasteiger partial charge in [0.15, 0.2) is 12.4 Å². The molecular formula is C9H13N2O+. The monoisotopic (exact) mass is 165 g/mol. The van der Waals surface area contributed by atoms with Gasteiger partial charge in [0.2, 0.25) is 5.54 Å². The predicted molar refractivity (Wildman–Crippen MR) is 45.2 cm³/mol. The van der Waals surface area contributed by atoms with Gasteiger partial charge in [-0.2, -0.15) is 4.57 Å². The largest absolute Gasteiger partial charge is 0.364 e. The highest BCUT2D eigenvalue weighted by molar-refractivity contribution is 5.79. The van der Waals surface area contributed by atoms with E-state index in [4.69, 9.17) is 5.73 Å². The van der Waals surface area contributed by atoms with Crippen LogP contribution < -0.4 is 10.3 Å². The van der Waals surface area contributed by atoms with E-state index in [0.717, 1.165) is 0 Å². The van der Waals surface area contributed by atoms with Crippen molar-refractivity contribution in [1.29, 1.82) is 0 Å². The standard InChI is InChI=1S/C9H12N2O/c1-9(2,8(10)12)11-6-4-3-5-7-11/h3-7H,1-2H3,(H-,10,12)/p+1. The molecule has 0 aliphatic heterocycles. The molecule has 0 aliphatic carbocycles. The van der Waals surface area contributed by atoms with Crippen molar-refractivity contribution in [3.05, 3.63) is 30.6 Å². The molecule has 0 fully saturated rings. The first kappa shape index (κ1) is 8.71. The SMILES string of the molecule is CC(C)(C(N)=O)[n+]1ccccc1. The van der Waals surface area contributed by atoms with Crippen molar-refractivity contribution in [1.82, 2.24) is 0 Å². The van der Waals surface area contributed by atoms with Gasteiger partial charge in [0.1, 0.15) is 0 Å². The molecule has 1 rings (SSSR count). The van der Waals surface area contributed by atoms with Crippen LogP contribution in [0.4, 0.5) is 0 Å². The third-order valence-corrected chi connectivity index (χ3v) is 1.96. The minimum atomic E-state index is -0.652. The molecule has 0 saturated heterocycles. The topological polar surface area (TPSA) is 47.0 Å². The van der Waals surface area contributed by atoms with Gasteiger partial charge in [-0.3, -0.25) is 4.79 Å². The van der Waals surface area contributed by atoms with Crippen LogP contribution in [-0.4, -0.2) is 5.91 Å². The quantitative estimate of drug-likeness (QED) is 0.625. The van der Waals surface area contributed by atoms with Crippen LogP contribution in [-0.2, 0) is 10.3 Å². The van der Waals surface area contributed by atoms with Gasteiger partial charge < -0.3 is 5.73 Å². The first-order chi connectivity index (χ1) is 5.55. The van der Waals surface area contributed by atoms with E-state index in [0.29, 0.717) is 0 Å². The molecule has 0 bridgehead atoms. The smallest absolute Gasteiger partial charge is 0.289 e. The molecule has 1 amide bonds. The molecule has 0 spiro atoms. The number of pyridine rings is 1. The van der Waals surface area contributed by atoms with Crippen molar-refractivity contribution < 1.29 is 9.36 Å². The molecule has 0 atom stereocenters. The zero-order chi connectivity index (χ0) is 9.19. The Kier molecular flexibility index (Phi) is 2.13. The van der Waals surface area contributed by atoms with E-state index in [1.54, 1.807) is 18.4 Å². The van der Waals surface area contributed by atoms with Crippen LogP contribution in [0.3, 0.4) is 0 Å². The lowest BCUT2D eigenvalue weighted by Gasteiger charge is -2.13. The van der Waals surface area contributed by atoms with Crippen LogP contribution in [0.5, 0.6) is 0 Å². The maximum atomic E-state index is 11.0. The molecule has 2 N–H and O–H groups in total. The summed E-state index contributed by atoms with van der Waals surface area (Å²) in [5.41, 5.74) is 4.59. The fourth-order valence-electron chi connectivity index (χ4n) is 0.899. The van der Waals surface area contributed by atoms with Crippen molar-refractivity contribution in [3.8, 4) is 0 Å².